The molecule has 3 aromatic rings. The zero-order chi connectivity index (χ0) is 19.4. The van der Waals surface area contributed by atoms with Crippen LogP contribution in [0.25, 0.3) is 10.9 Å². The second-order valence-corrected chi connectivity index (χ2v) is 6.41. The van der Waals surface area contributed by atoms with Gasteiger partial charge in [-0.15, -0.1) is 0 Å². The van der Waals surface area contributed by atoms with Crippen molar-refractivity contribution in [1.29, 1.82) is 0 Å². The van der Waals surface area contributed by atoms with Gasteiger partial charge in [0.2, 0.25) is 0 Å². The highest BCUT2D eigenvalue weighted by atomic mass is 19.1. The Balaban J connectivity index is 1.95. The first kappa shape index (κ1) is 18.8. The minimum Gasteiger partial charge on any atom is -0.383 e. The van der Waals surface area contributed by atoms with Gasteiger partial charge >= 0.3 is 0 Å². The molecule has 5 nitrogen and oxygen atoms in total. The Morgan fingerprint density at radius 3 is 2.70 bits per heavy atom. The summed E-state index contributed by atoms with van der Waals surface area (Å²) in [7, 11) is 1.52. The molecule has 1 N–H and O–H groups in total. The number of rotatable bonds is 6. The topological polar surface area (TPSA) is 62.4 Å². The summed E-state index contributed by atoms with van der Waals surface area (Å²) in [6, 6.07) is 13.4. The van der Waals surface area contributed by atoms with Gasteiger partial charge in [0.1, 0.15) is 5.82 Å². The SMILES string of the molecule is COCCN(Cc1cc2ccc(C)cc2[nH]c1=O)C(=O)c1ccccc1F. The standard InChI is InChI=1S/C21H21FN2O3/c1-14-7-8-15-12-16(20(25)23-19(15)11-14)13-24(9-10-27-2)21(26)17-5-3-4-6-18(17)22/h3-8,11-12H,9-10,13H2,1-2H3,(H,23,25). The van der Waals surface area contributed by atoms with E-state index < -0.39 is 11.7 Å². The molecule has 0 atom stereocenters. The number of ether oxygens (including phenoxy) is 1. The molecule has 1 amide bonds. The van der Waals surface area contributed by atoms with Gasteiger partial charge in [0.15, 0.2) is 0 Å². The number of hydrogen-bond donors (Lipinski definition) is 1. The Hall–Kier alpha value is -2.99. The maximum Gasteiger partial charge on any atom is 0.257 e. The van der Waals surface area contributed by atoms with Crippen molar-refractivity contribution in [2.75, 3.05) is 20.3 Å². The lowest BCUT2D eigenvalue weighted by atomic mass is 10.1. The fourth-order valence-corrected chi connectivity index (χ4v) is 2.94. The second-order valence-electron chi connectivity index (χ2n) is 6.41. The summed E-state index contributed by atoms with van der Waals surface area (Å²) < 4.78 is 19.1. The Morgan fingerprint density at radius 2 is 1.96 bits per heavy atom. The van der Waals surface area contributed by atoms with Crippen LogP contribution in [0.3, 0.4) is 0 Å². The molecule has 0 aliphatic rings. The number of halogens is 1. The molecule has 27 heavy (non-hydrogen) atoms. The number of hydrogen-bond acceptors (Lipinski definition) is 3. The number of nitrogens with one attached hydrogen (secondary N) is 1. The summed E-state index contributed by atoms with van der Waals surface area (Å²) in [5.74, 6) is -1.07. The minimum absolute atomic E-state index is 0.0264. The Labute approximate surface area is 156 Å². The second kappa shape index (κ2) is 8.14. The third-order valence-corrected chi connectivity index (χ3v) is 4.40. The zero-order valence-corrected chi connectivity index (χ0v) is 15.3. The van der Waals surface area contributed by atoms with Gasteiger partial charge in [0.05, 0.1) is 18.7 Å². The van der Waals surface area contributed by atoms with Crippen molar-refractivity contribution in [2.24, 2.45) is 0 Å². The summed E-state index contributed by atoms with van der Waals surface area (Å²) in [6.07, 6.45) is 0. The number of carbonyl (C=O) groups is 1. The molecule has 0 radical (unpaired) electrons. The first-order valence-corrected chi connectivity index (χ1v) is 8.65. The molecular formula is C21H21FN2O3. The van der Waals surface area contributed by atoms with Crippen molar-refractivity contribution in [3.05, 3.63) is 81.4 Å². The number of methoxy groups -OCH3 is 1. The Kier molecular flexibility index (Phi) is 5.66. The Morgan fingerprint density at radius 1 is 1.19 bits per heavy atom. The maximum absolute atomic E-state index is 14.0. The minimum atomic E-state index is -0.590. The van der Waals surface area contributed by atoms with Gasteiger partial charge in [-0.1, -0.05) is 24.3 Å². The Bertz CT molecular complexity index is 1030. The van der Waals surface area contributed by atoms with Crippen molar-refractivity contribution in [3.8, 4) is 0 Å². The van der Waals surface area contributed by atoms with Crippen LogP contribution in [0.4, 0.5) is 4.39 Å². The van der Waals surface area contributed by atoms with E-state index in [9.17, 15) is 14.0 Å². The van der Waals surface area contributed by atoms with Gasteiger partial charge in [-0.2, -0.15) is 0 Å². The highest BCUT2D eigenvalue weighted by Gasteiger charge is 2.20. The number of aryl methyl sites for hydroxylation is 1. The maximum atomic E-state index is 14.0. The average Bonchev–Trinajstić information content (AvgIpc) is 2.65. The molecule has 0 saturated heterocycles. The predicted octanol–water partition coefficient (Wildman–Crippen LogP) is 3.26. The zero-order valence-electron chi connectivity index (χ0n) is 15.3. The van der Waals surface area contributed by atoms with Crippen LogP contribution in [0, 0.1) is 12.7 Å². The molecule has 2 aromatic carbocycles. The van der Waals surface area contributed by atoms with E-state index in [0.29, 0.717) is 5.56 Å². The fourth-order valence-electron chi connectivity index (χ4n) is 2.94. The van der Waals surface area contributed by atoms with E-state index >= 15 is 0 Å². The van der Waals surface area contributed by atoms with Crippen molar-refractivity contribution in [2.45, 2.75) is 13.5 Å². The van der Waals surface area contributed by atoms with E-state index in [1.165, 1.54) is 30.2 Å². The summed E-state index contributed by atoms with van der Waals surface area (Å²) >= 11 is 0. The van der Waals surface area contributed by atoms with E-state index in [-0.39, 0.29) is 30.8 Å². The molecule has 140 valence electrons. The number of nitrogens with zero attached hydrogens (tertiary/aromatic N) is 1. The van der Waals surface area contributed by atoms with E-state index in [4.69, 9.17) is 4.74 Å². The van der Waals surface area contributed by atoms with Crippen LogP contribution in [0.5, 0.6) is 0 Å². The molecule has 0 spiro atoms. The van der Waals surface area contributed by atoms with Crippen molar-refractivity contribution in [1.82, 2.24) is 9.88 Å². The first-order chi connectivity index (χ1) is 13.0. The molecule has 1 aromatic heterocycles. The molecule has 0 aliphatic carbocycles. The lowest BCUT2D eigenvalue weighted by Crippen LogP contribution is -2.35. The largest absolute Gasteiger partial charge is 0.383 e. The lowest BCUT2D eigenvalue weighted by Gasteiger charge is -2.22. The molecule has 0 unspecified atom stereocenters. The summed E-state index contributed by atoms with van der Waals surface area (Å²) in [4.78, 5) is 29.6. The molecule has 0 aliphatic heterocycles. The van der Waals surface area contributed by atoms with Crippen LogP contribution in [-0.4, -0.2) is 36.1 Å². The molecule has 1 heterocycles. The van der Waals surface area contributed by atoms with Crippen LogP contribution in [0.1, 0.15) is 21.5 Å². The van der Waals surface area contributed by atoms with Crippen LogP contribution in [-0.2, 0) is 11.3 Å². The molecule has 6 heteroatoms. The number of pyridine rings is 1. The quantitative estimate of drug-likeness (QED) is 0.726. The number of H-pyrrole nitrogens is 1. The van der Waals surface area contributed by atoms with E-state index in [0.717, 1.165) is 16.5 Å². The fraction of sp³-hybridized carbons (Fsp3) is 0.238. The summed E-state index contributed by atoms with van der Waals surface area (Å²) in [5, 5.41) is 0.875. The van der Waals surface area contributed by atoms with Crippen molar-refractivity contribution >= 4 is 16.8 Å². The van der Waals surface area contributed by atoms with Gasteiger partial charge in [-0.3, -0.25) is 9.59 Å². The van der Waals surface area contributed by atoms with Crippen molar-refractivity contribution in [3.63, 3.8) is 0 Å². The highest BCUT2D eigenvalue weighted by Crippen LogP contribution is 2.16. The molecule has 0 saturated carbocycles. The van der Waals surface area contributed by atoms with E-state index in [1.807, 2.05) is 25.1 Å². The lowest BCUT2D eigenvalue weighted by molar-refractivity contribution is 0.0675. The average molecular weight is 368 g/mol. The third-order valence-electron chi connectivity index (χ3n) is 4.40. The highest BCUT2D eigenvalue weighted by molar-refractivity contribution is 5.94. The summed E-state index contributed by atoms with van der Waals surface area (Å²) in [5.41, 5.74) is 1.93. The van der Waals surface area contributed by atoms with Crippen LogP contribution in [0.15, 0.2) is 53.3 Å². The summed E-state index contributed by atoms with van der Waals surface area (Å²) in [6.45, 7) is 2.54. The molecule has 0 bridgehead atoms. The van der Waals surface area contributed by atoms with Gasteiger partial charge in [-0.25, -0.2) is 4.39 Å². The number of aromatic nitrogens is 1. The van der Waals surface area contributed by atoms with Gasteiger partial charge in [0.25, 0.3) is 11.5 Å². The number of benzene rings is 2. The monoisotopic (exact) mass is 368 g/mol. The number of amides is 1. The third kappa shape index (κ3) is 4.23. The number of fused-ring (bicyclic) bond motifs is 1. The van der Waals surface area contributed by atoms with Crippen molar-refractivity contribution < 1.29 is 13.9 Å². The van der Waals surface area contributed by atoms with E-state index in [1.54, 1.807) is 12.1 Å². The van der Waals surface area contributed by atoms with Gasteiger partial charge < -0.3 is 14.6 Å². The molecule has 3 rings (SSSR count). The predicted molar refractivity (Wildman–Crippen MR) is 102 cm³/mol. The normalized spacial score (nSPS) is 10.9. The van der Waals surface area contributed by atoms with E-state index in [2.05, 4.69) is 4.98 Å². The van der Waals surface area contributed by atoms with Crippen LogP contribution >= 0.6 is 0 Å². The smallest absolute Gasteiger partial charge is 0.257 e. The van der Waals surface area contributed by atoms with Gasteiger partial charge in [-0.05, 0) is 42.1 Å². The first-order valence-electron chi connectivity index (χ1n) is 8.65. The van der Waals surface area contributed by atoms with Crippen LogP contribution < -0.4 is 5.56 Å². The molecular weight excluding hydrogens is 347 g/mol. The molecule has 0 fully saturated rings. The number of carbonyl (C=O) groups excluding carboxylic acids is 1. The van der Waals surface area contributed by atoms with Crippen LogP contribution in [0.2, 0.25) is 0 Å². The van der Waals surface area contributed by atoms with Gasteiger partial charge in [0, 0.05) is 24.7 Å². The number of aromatic amines is 1.